The molecule has 1 aliphatic rings. The van der Waals surface area contributed by atoms with E-state index in [-0.39, 0.29) is 16.6 Å². The molecule has 0 saturated carbocycles. The number of aryl methyl sites for hydroxylation is 1. The Hall–Kier alpha value is -3.46. The Labute approximate surface area is 181 Å². The number of piperazine rings is 1. The van der Waals surface area contributed by atoms with E-state index in [1.54, 1.807) is 29.2 Å². The lowest BCUT2D eigenvalue weighted by molar-refractivity contribution is 0.0740. The number of benzene rings is 2. The number of anilines is 1. The Kier molecular flexibility index (Phi) is 5.85. The molecular formula is C22H22N4O4S. The molecule has 2 heterocycles. The van der Waals surface area contributed by atoms with Crippen LogP contribution in [-0.2, 0) is 10.1 Å². The third-order valence-corrected chi connectivity index (χ3v) is 6.33. The third-order valence-electron chi connectivity index (χ3n) is 5.07. The van der Waals surface area contributed by atoms with Crippen molar-refractivity contribution >= 4 is 21.7 Å². The van der Waals surface area contributed by atoms with Crippen molar-refractivity contribution < 1.29 is 17.4 Å². The molecule has 1 fully saturated rings. The Bertz CT molecular complexity index is 1140. The van der Waals surface area contributed by atoms with E-state index >= 15 is 0 Å². The van der Waals surface area contributed by atoms with Crippen LogP contribution in [0.15, 0.2) is 72.0 Å². The summed E-state index contributed by atoms with van der Waals surface area (Å²) in [5.41, 5.74) is 2.25. The number of aromatic nitrogens is 2. The molecule has 0 spiro atoms. The van der Waals surface area contributed by atoms with Gasteiger partial charge in [-0.05, 0) is 43.3 Å². The van der Waals surface area contributed by atoms with Gasteiger partial charge in [0.2, 0.25) is 0 Å². The summed E-state index contributed by atoms with van der Waals surface area (Å²) in [6, 6.07) is 13.4. The Morgan fingerprint density at radius 3 is 2.23 bits per heavy atom. The predicted octanol–water partition coefficient (Wildman–Crippen LogP) is 2.52. The van der Waals surface area contributed by atoms with Gasteiger partial charge >= 0.3 is 10.1 Å². The van der Waals surface area contributed by atoms with E-state index in [9.17, 15) is 13.2 Å². The van der Waals surface area contributed by atoms with Crippen LogP contribution in [0.3, 0.4) is 0 Å². The molecule has 3 aromatic rings. The molecule has 0 radical (unpaired) electrons. The van der Waals surface area contributed by atoms with Crippen LogP contribution in [0.4, 0.5) is 5.69 Å². The van der Waals surface area contributed by atoms with Crippen LogP contribution in [0, 0.1) is 6.92 Å². The molecule has 31 heavy (non-hydrogen) atoms. The van der Waals surface area contributed by atoms with Crippen LogP contribution < -0.4 is 9.08 Å². The zero-order valence-corrected chi connectivity index (χ0v) is 17.8. The highest BCUT2D eigenvalue weighted by atomic mass is 32.2. The topological polar surface area (TPSA) is 92.7 Å². The standard InChI is InChI=1S/C22H22N4O4S/c1-17-2-8-20(9-3-17)31(28,29)30-19-6-4-18(5-7-19)25-12-14-26(15-13-25)22(27)21-16-23-10-11-24-21/h2-11,16H,12-15H2,1H3. The van der Waals surface area contributed by atoms with Gasteiger partial charge < -0.3 is 14.0 Å². The van der Waals surface area contributed by atoms with E-state index in [2.05, 4.69) is 14.9 Å². The maximum absolute atomic E-state index is 12.5. The number of carbonyl (C=O) groups excluding carboxylic acids is 1. The number of amides is 1. The minimum Gasteiger partial charge on any atom is -0.379 e. The highest BCUT2D eigenvalue weighted by Crippen LogP contribution is 2.24. The number of nitrogens with zero attached hydrogens (tertiary/aromatic N) is 4. The zero-order chi connectivity index (χ0) is 21.8. The van der Waals surface area contributed by atoms with Crippen molar-refractivity contribution in [2.24, 2.45) is 0 Å². The number of carbonyl (C=O) groups is 1. The van der Waals surface area contributed by atoms with Crippen molar-refractivity contribution in [2.75, 3.05) is 31.1 Å². The summed E-state index contributed by atoms with van der Waals surface area (Å²) in [5, 5.41) is 0. The molecule has 0 atom stereocenters. The average molecular weight is 439 g/mol. The maximum atomic E-state index is 12.5. The number of rotatable bonds is 5. The molecule has 2 aromatic carbocycles. The first-order chi connectivity index (χ1) is 14.9. The molecule has 1 saturated heterocycles. The highest BCUT2D eigenvalue weighted by molar-refractivity contribution is 7.87. The molecule has 1 aliphatic heterocycles. The lowest BCUT2D eigenvalue weighted by Crippen LogP contribution is -2.49. The molecule has 0 unspecified atom stereocenters. The lowest BCUT2D eigenvalue weighted by atomic mass is 10.2. The minimum atomic E-state index is -3.88. The van der Waals surface area contributed by atoms with Crippen LogP contribution in [0.2, 0.25) is 0 Å². The molecular weight excluding hydrogens is 416 g/mol. The first kappa shape index (κ1) is 20.8. The average Bonchev–Trinajstić information content (AvgIpc) is 2.80. The van der Waals surface area contributed by atoms with Crippen molar-refractivity contribution in [3.05, 3.63) is 78.4 Å². The highest BCUT2D eigenvalue weighted by Gasteiger charge is 2.23. The Morgan fingerprint density at radius 2 is 1.61 bits per heavy atom. The SMILES string of the molecule is Cc1ccc(S(=O)(=O)Oc2ccc(N3CCN(C(=O)c4cnccn4)CC3)cc2)cc1. The second-order valence-electron chi connectivity index (χ2n) is 7.21. The van der Waals surface area contributed by atoms with Gasteiger partial charge in [0.25, 0.3) is 5.91 Å². The fraction of sp³-hybridized carbons (Fsp3) is 0.227. The second-order valence-corrected chi connectivity index (χ2v) is 8.76. The van der Waals surface area contributed by atoms with Gasteiger partial charge in [0.1, 0.15) is 16.3 Å². The van der Waals surface area contributed by atoms with Crippen molar-refractivity contribution in [1.82, 2.24) is 14.9 Å². The van der Waals surface area contributed by atoms with Gasteiger partial charge in [0, 0.05) is 44.3 Å². The first-order valence-electron chi connectivity index (χ1n) is 9.84. The van der Waals surface area contributed by atoms with E-state index < -0.39 is 10.1 Å². The van der Waals surface area contributed by atoms with Crippen LogP contribution in [0.1, 0.15) is 16.1 Å². The zero-order valence-electron chi connectivity index (χ0n) is 17.0. The van der Waals surface area contributed by atoms with Gasteiger partial charge in [0.15, 0.2) is 0 Å². The summed E-state index contributed by atoms with van der Waals surface area (Å²) in [7, 11) is -3.88. The van der Waals surface area contributed by atoms with E-state index in [1.807, 2.05) is 19.1 Å². The van der Waals surface area contributed by atoms with Crippen LogP contribution in [0.25, 0.3) is 0 Å². The van der Waals surface area contributed by atoms with Gasteiger partial charge in [0.05, 0.1) is 6.20 Å². The normalized spacial score (nSPS) is 14.4. The molecule has 8 nitrogen and oxygen atoms in total. The largest absolute Gasteiger partial charge is 0.379 e. The number of hydrogen-bond acceptors (Lipinski definition) is 7. The van der Waals surface area contributed by atoms with Crippen molar-refractivity contribution in [1.29, 1.82) is 0 Å². The Morgan fingerprint density at radius 1 is 0.935 bits per heavy atom. The van der Waals surface area contributed by atoms with Crippen LogP contribution in [-0.4, -0.2) is 55.4 Å². The van der Waals surface area contributed by atoms with Crippen molar-refractivity contribution in [2.45, 2.75) is 11.8 Å². The van der Waals surface area contributed by atoms with Crippen molar-refractivity contribution in [3.8, 4) is 5.75 Å². The molecule has 0 aliphatic carbocycles. The molecule has 0 bridgehead atoms. The fourth-order valence-electron chi connectivity index (χ4n) is 3.33. The maximum Gasteiger partial charge on any atom is 0.339 e. The quantitative estimate of drug-likeness (QED) is 0.565. The summed E-state index contributed by atoms with van der Waals surface area (Å²) in [4.78, 5) is 24.5. The molecule has 1 aromatic heterocycles. The van der Waals surface area contributed by atoms with Gasteiger partial charge in [-0.2, -0.15) is 8.42 Å². The summed E-state index contributed by atoms with van der Waals surface area (Å²) >= 11 is 0. The van der Waals surface area contributed by atoms with E-state index in [4.69, 9.17) is 4.18 Å². The Balaban J connectivity index is 1.37. The van der Waals surface area contributed by atoms with E-state index in [0.717, 1.165) is 11.3 Å². The summed E-state index contributed by atoms with van der Waals surface area (Å²) in [6.45, 7) is 4.34. The monoisotopic (exact) mass is 438 g/mol. The van der Waals surface area contributed by atoms with Gasteiger partial charge in [-0.3, -0.25) is 9.78 Å². The molecule has 1 amide bonds. The summed E-state index contributed by atoms with van der Waals surface area (Å²) in [5.74, 6) is 0.124. The lowest BCUT2D eigenvalue weighted by Gasteiger charge is -2.36. The van der Waals surface area contributed by atoms with E-state index in [0.29, 0.717) is 31.9 Å². The van der Waals surface area contributed by atoms with E-state index in [1.165, 1.54) is 30.7 Å². The molecule has 0 N–H and O–H groups in total. The number of hydrogen-bond donors (Lipinski definition) is 0. The van der Waals surface area contributed by atoms with Crippen molar-refractivity contribution in [3.63, 3.8) is 0 Å². The molecule has 160 valence electrons. The molecule has 9 heteroatoms. The van der Waals surface area contributed by atoms with Gasteiger partial charge in [-0.1, -0.05) is 17.7 Å². The minimum absolute atomic E-state index is 0.117. The summed E-state index contributed by atoms with van der Waals surface area (Å²) in [6.07, 6.45) is 4.51. The predicted molar refractivity (Wildman–Crippen MR) is 116 cm³/mol. The first-order valence-corrected chi connectivity index (χ1v) is 11.2. The van der Waals surface area contributed by atoms with Gasteiger partial charge in [-0.25, -0.2) is 4.98 Å². The third kappa shape index (κ3) is 4.83. The van der Waals surface area contributed by atoms with Gasteiger partial charge in [-0.15, -0.1) is 0 Å². The molecule has 4 rings (SSSR count). The fourth-order valence-corrected chi connectivity index (χ4v) is 4.26. The smallest absolute Gasteiger partial charge is 0.339 e. The second kappa shape index (κ2) is 8.73. The summed E-state index contributed by atoms with van der Waals surface area (Å²) < 4.78 is 30.1. The van der Waals surface area contributed by atoms with Crippen LogP contribution in [0.5, 0.6) is 5.75 Å². The van der Waals surface area contributed by atoms with Crippen LogP contribution >= 0.6 is 0 Å².